The highest BCUT2D eigenvalue weighted by Gasteiger charge is 2.15. The van der Waals surface area contributed by atoms with E-state index in [9.17, 15) is 4.11 Å². The van der Waals surface area contributed by atoms with Gasteiger partial charge in [0, 0.05) is 36.9 Å². The Labute approximate surface area is 304 Å². The van der Waals surface area contributed by atoms with E-state index < -0.39 is 48.3 Å². The van der Waals surface area contributed by atoms with Crippen molar-refractivity contribution in [3.05, 3.63) is 176 Å². The molecular formula is C45H29N3S. The van der Waals surface area contributed by atoms with E-state index in [-0.39, 0.29) is 72.5 Å². The third kappa shape index (κ3) is 5.58. The zero-order valence-corrected chi connectivity index (χ0v) is 26.5. The summed E-state index contributed by atoms with van der Waals surface area (Å²) in [6.07, 6.45) is 0. The van der Waals surface area contributed by atoms with Crippen molar-refractivity contribution in [2.24, 2.45) is 0 Å². The Morgan fingerprint density at radius 3 is 1.51 bits per heavy atom. The fourth-order valence-corrected chi connectivity index (χ4v) is 6.79. The first-order chi connectivity index (χ1) is 28.8. The Bertz CT molecular complexity index is 3170. The van der Waals surface area contributed by atoms with Gasteiger partial charge in [-0.3, -0.25) is 0 Å². The Hall–Kier alpha value is -6.23. The average molecular weight is 655 g/mol. The van der Waals surface area contributed by atoms with Crippen LogP contribution >= 0.6 is 11.3 Å². The normalized spacial score (nSPS) is 14.4. The smallest absolute Gasteiger partial charge is 0.164 e. The highest BCUT2D eigenvalue weighted by molar-refractivity contribution is 7.26. The largest absolute Gasteiger partial charge is 0.208 e. The van der Waals surface area contributed by atoms with Gasteiger partial charge in [-0.25, -0.2) is 15.0 Å². The molecule has 0 N–H and O–H groups in total. The van der Waals surface area contributed by atoms with Crippen molar-refractivity contribution < 1.29 is 15.1 Å². The topological polar surface area (TPSA) is 38.7 Å². The third-order valence-corrected chi connectivity index (χ3v) is 9.29. The molecule has 0 fully saturated rings. The zero-order chi connectivity index (χ0) is 42.1. The highest BCUT2D eigenvalue weighted by atomic mass is 32.1. The summed E-state index contributed by atoms with van der Waals surface area (Å²) in [7, 11) is 0. The van der Waals surface area contributed by atoms with Gasteiger partial charge in [-0.05, 0) is 51.5 Å². The average Bonchev–Trinajstić information content (AvgIpc) is 3.69. The molecule has 0 aliphatic carbocycles. The monoisotopic (exact) mass is 654 g/mol. The second-order valence-corrected chi connectivity index (χ2v) is 12.2. The summed E-state index contributed by atoms with van der Waals surface area (Å²) in [6.45, 7) is 0. The molecule has 0 aliphatic rings. The van der Waals surface area contributed by atoms with Gasteiger partial charge in [0.25, 0.3) is 0 Å². The fraction of sp³-hybridized carbons (Fsp3) is 0. The number of nitrogens with zero attached hydrogens (tertiary/aromatic N) is 3. The summed E-state index contributed by atoms with van der Waals surface area (Å²) in [5.41, 5.74) is 4.84. The van der Waals surface area contributed by atoms with Crippen LogP contribution in [-0.2, 0) is 0 Å². The van der Waals surface area contributed by atoms with Crippen molar-refractivity contribution in [2.45, 2.75) is 0 Å². The predicted molar refractivity (Wildman–Crippen MR) is 205 cm³/mol. The number of hydrogen-bond donors (Lipinski definition) is 0. The number of thiophene rings is 1. The molecule has 0 aliphatic heterocycles. The minimum Gasteiger partial charge on any atom is -0.208 e. The first-order valence-electron chi connectivity index (χ1n) is 21.0. The number of benzene rings is 7. The first kappa shape index (κ1) is 19.6. The van der Waals surface area contributed by atoms with Crippen molar-refractivity contribution in [3.8, 4) is 67.5 Å². The van der Waals surface area contributed by atoms with E-state index in [0.717, 1.165) is 33.6 Å². The Morgan fingerprint density at radius 1 is 0.388 bits per heavy atom. The van der Waals surface area contributed by atoms with Gasteiger partial charge in [0.2, 0.25) is 0 Å². The van der Waals surface area contributed by atoms with Crippen LogP contribution in [0.4, 0.5) is 0 Å². The van der Waals surface area contributed by atoms with Crippen molar-refractivity contribution in [2.75, 3.05) is 0 Å². The van der Waals surface area contributed by atoms with Crippen molar-refractivity contribution >= 4 is 31.5 Å². The van der Waals surface area contributed by atoms with E-state index in [1.165, 1.54) is 0 Å². The third-order valence-electron chi connectivity index (χ3n) is 8.17. The van der Waals surface area contributed by atoms with E-state index in [2.05, 4.69) is 36.4 Å². The molecule has 0 bridgehead atoms. The molecule has 7 aromatic carbocycles. The minimum atomic E-state index is -0.633. The molecule has 2 aromatic heterocycles. The molecule has 0 amide bonds. The maximum atomic E-state index is 9.59. The molecule has 0 unspecified atom stereocenters. The standard InChI is InChI=1S/C45H29N3S/c1-4-11-30(12-5-1)31-19-21-32(22-20-31)33-23-25-36(26-24-33)44-46-43(35-15-8-3-9-16-35)47-45(48-44)37-27-28-41-40(29-37)39-18-10-17-38(42(39)49-41)34-13-6-2-7-14-34/h1-29H/i2D,6D,7D,10D,13D,14D,17D,18D,27D,28D,29D. The van der Waals surface area contributed by atoms with Gasteiger partial charge in [0.05, 0.1) is 15.1 Å². The van der Waals surface area contributed by atoms with Crippen LogP contribution in [-0.4, -0.2) is 15.0 Å². The molecule has 0 spiro atoms. The Balaban J connectivity index is 1.23. The maximum Gasteiger partial charge on any atom is 0.164 e. The summed E-state index contributed by atoms with van der Waals surface area (Å²) in [5, 5.41) is 0.0199. The van der Waals surface area contributed by atoms with Crippen LogP contribution < -0.4 is 0 Å². The predicted octanol–water partition coefficient (Wildman–Crippen LogP) is 12.2. The van der Waals surface area contributed by atoms with E-state index in [0.29, 0.717) is 11.1 Å². The molecule has 0 saturated heterocycles. The maximum absolute atomic E-state index is 9.59. The quantitative estimate of drug-likeness (QED) is 0.179. The van der Waals surface area contributed by atoms with Crippen molar-refractivity contribution in [1.82, 2.24) is 15.0 Å². The molecule has 0 atom stereocenters. The highest BCUT2D eigenvalue weighted by Crippen LogP contribution is 2.41. The lowest BCUT2D eigenvalue weighted by Crippen LogP contribution is -2.00. The fourth-order valence-electron chi connectivity index (χ4n) is 5.72. The molecule has 9 rings (SSSR count). The van der Waals surface area contributed by atoms with Crippen LogP contribution in [0.15, 0.2) is 176 Å². The first-order valence-corrected chi connectivity index (χ1v) is 16.3. The van der Waals surface area contributed by atoms with Gasteiger partial charge in [0.1, 0.15) is 0 Å². The second kappa shape index (κ2) is 12.4. The van der Waals surface area contributed by atoms with Gasteiger partial charge in [0.15, 0.2) is 17.5 Å². The van der Waals surface area contributed by atoms with E-state index >= 15 is 0 Å². The SMILES string of the molecule is [2H]c1c([2H])c([2H])c(-c2c([2H])c([2H])c([2H])c3c2sc2c([2H])c([2H])c(-c4nc(-c5ccccc5)nc(-c5ccc(-c6ccc(-c7ccccc7)cc6)cc5)n4)c([2H])c23)c([2H])c1[2H]. The van der Waals surface area contributed by atoms with Crippen LogP contribution in [0.1, 0.15) is 15.1 Å². The summed E-state index contributed by atoms with van der Waals surface area (Å²) in [5.74, 6) is 0.445. The second-order valence-electron chi connectivity index (χ2n) is 11.2. The molecule has 49 heavy (non-hydrogen) atoms. The number of rotatable bonds is 6. The lowest BCUT2D eigenvalue weighted by Gasteiger charge is -2.10. The van der Waals surface area contributed by atoms with Gasteiger partial charge < -0.3 is 0 Å². The van der Waals surface area contributed by atoms with E-state index in [1.54, 1.807) is 0 Å². The Kier molecular flexibility index (Phi) is 4.96. The molecule has 9 aromatic rings. The summed E-state index contributed by atoms with van der Waals surface area (Å²) in [6, 6.07) is 29.6. The molecule has 2 heterocycles. The van der Waals surface area contributed by atoms with Crippen molar-refractivity contribution in [3.63, 3.8) is 0 Å². The van der Waals surface area contributed by atoms with Crippen LogP contribution in [0.2, 0.25) is 0 Å². The van der Waals surface area contributed by atoms with Crippen LogP contribution in [0.25, 0.3) is 87.7 Å². The summed E-state index contributed by atoms with van der Waals surface area (Å²) < 4.78 is 96.8. The lowest BCUT2D eigenvalue weighted by atomic mass is 9.99. The van der Waals surface area contributed by atoms with Gasteiger partial charge in [-0.1, -0.05) is 158 Å². The molecule has 0 radical (unpaired) electrons. The molecule has 4 heteroatoms. The van der Waals surface area contributed by atoms with Gasteiger partial charge >= 0.3 is 0 Å². The minimum absolute atomic E-state index is 0.0116. The molecule has 230 valence electrons. The van der Waals surface area contributed by atoms with Crippen LogP contribution in [0.5, 0.6) is 0 Å². The lowest BCUT2D eigenvalue weighted by molar-refractivity contribution is 1.07. The summed E-state index contributed by atoms with van der Waals surface area (Å²) >= 11 is 0.871. The van der Waals surface area contributed by atoms with E-state index in [4.69, 9.17) is 25.9 Å². The van der Waals surface area contributed by atoms with Gasteiger partial charge in [-0.15, -0.1) is 11.3 Å². The Morgan fingerprint density at radius 2 is 0.898 bits per heavy atom. The number of hydrogen-bond acceptors (Lipinski definition) is 4. The molecule has 0 saturated carbocycles. The molecular weight excluding hydrogens is 615 g/mol. The van der Waals surface area contributed by atoms with Gasteiger partial charge in [-0.2, -0.15) is 0 Å². The molecule has 3 nitrogen and oxygen atoms in total. The van der Waals surface area contributed by atoms with Crippen LogP contribution in [0, 0.1) is 0 Å². The van der Waals surface area contributed by atoms with Crippen LogP contribution in [0.3, 0.4) is 0 Å². The number of aromatic nitrogens is 3. The number of fused-ring (bicyclic) bond motifs is 3. The zero-order valence-electron chi connectivity index (χ0n) is 36.6. The van der Waals surface area contributed by atoms with E-state index in [1.807, 2.05) is 72.8 Å². The summed E-state index contributed by atoms with van der Waals surface area (Å²) in [4.78, 5) is 14.3. The van der Waals surface area contributed by atoms with Crippen molar-refractivity contribution in [1.29, 1.82) is 0 Å².